The van der Waals surface area contributed by atoms with Crippen LogP contribution in [-0.4, -0.2) is 42.1 Å². The SMILES string of the molecule is CCN1C(=O)C(CC(=O)Nc2ccc(F)cc2)SC1=NS(=O)(=O)c1ccc(F)cc1. The number of amidine groups is 1. The fourth-order valence-corrected chi connectivity index (χ4v) is 5.10. The molecule has 0 saturated carbocycles. The molecule has 158 valence electrons. The largest absolute Gasteiger partial charge is 0.326 e. The maximum Gasteiger partial charge on any atom is 0.284 e. The summed E-state index contributed by atoms with van der Waals surface area (Å²) in [6, 6.07) is 9.32. The third kappa shape index (κ3) is 5.03. The van der Waals surface area contributed by atoms with Crippen molar-refractivity contribution in [2.24, 2.45) is 4.40 Å². The summed E-state index contributed by atoms with van der Waals surface area (Å²) >= 11 is 0.870. The molecule has 1 fully saturated rings. The minimum Gasteiger partial charge on any atom is -0.326 e. The van der Waals surface area contributed by atoms with Crippen molar-refractivity contribution in [1.29, 1.82) is 0 Å². The Bertz CT molecular complexity index is 1090. The van der Waals surface area contributed by atoms with Crippen molar-refractivity contribution in [3.05, 3.63) is 60.2 Å². The van der Waals surface area contributed by atoms with E-state index in [1.54, 1.807) is 6.92 Å². The molecular formula is C19H17F2N3O4S2. The van der Waals surface area contributed by atoms with E-state index in [0.717, 1.165) is 36.0 Å². The number of hydrogen-bond donors (Lipinski definition) is 1. The van der Waals surface area contributed by atoms with Crippen molar-refractivity contribution >= 4 is 44.5 Å². The molecule has 0 aliphatic carbocycles. The van der Waals surface area contributed by atoms with Crippen LogP contribution in [0.1, 0.15) is 13.3 Å². The van der Waals surface area contributed by atoms with Gasteiger partial charge in [0, 0.05) is 18.7 Å². The van der Waals surface area contributed by atoms with Gasteiger partial charge >= 0.3 is 0 Å². The van der Waals surface area contributed by atoms with Crippen molar-refractivity contribution in [2.45, 2.75) is 23.5 Å². The van der Waals surface area contributed by atoms with Crippen LogP contribution in [0, 0.1) is 11.6 Å². The number of hydrogen-bond acceptors (Lipinski definition) is 5. The van der Waals surface area contributed by atoms with Gasteiger partial charge in [0.15, 0.2) is 5.17 Å². The first-order chi connectivity index (χ1) is 14.2. The first-order valence-corrected chi connectivity index (χ1v) is 11.2. The molecule has 1 unspecified atom stereocenters. The topological polar surface area (TPSA) is 95.9 Å². The molecule has 1 aliphatic rings. The number of amides is 2. The highest BCUT2D eigenvalue weighted by Gasteiger charge is 2.39. The highest BCUT2D eigenvalue weighted by atomic mass is 32.2. The van der Waals surface area contributed by atoms with Crippen LogP contribution in [0.4, 0.5) is 14.5 Å². The van der Waals surface area contributed by atoms with Crippen molar-refractivity contribution in [3.63, 3.8) is 0 Å². The molecule has 2 amide bonds. The van der Waals surface area contributed by atoms with E-state index in [2.05, 4.69) is 9.71 Å². The van der Waals surface area contributed by atoms with Gasteiger partial charge in [-0.15, -0.1) is 4.40 Å². The summed E-state index contributed by atoms with van der Waals surface area (Å²) in [4.78, 5) is 25.8. The van der Waals surface area contributed by atoms with Gasteiger partial charge in [0.25, 0.3) is 10.0 Å². The summed E-state index contributed by atoms with van der Waals surface area (Å²) < 4.78 is 54.7. The van der Waals surface area contributed by atoms with Crippen LogP contribution in [0.15, 0.2) is 57.8 Å². The number of sulfonamides is 1. The second-order valence-corrected chi connectivity index (χ2v) is 9.03. The van der Waals surface area contributed by atoms with Gasteiger partial charge in [-0.25, -0.2) is 8.78 Å². The van der Waals surface area contributed by atoms with Gasteiger partial charge < -0.3 is 5.32 Å². The average molecular weight is 453 g/mol. The molecule has 7 nitrogen and oxygen atoms in total. The second kappa shape index (κ2) is 8.92. The smallest absolute Gasteiger partial charge is 0.284 e. The molecule has 1 aliphatic heterocycles. The molecule has 0 bridgehead atoms. The molecule has 3 rings (SSSR count). The number of nitrogens with zero attached hydrogens (tertiary/aromatic N) is 2. The lowest BCUT2D eigenvalue weighted by Gasteiger charge is -2.13. The number of nitrogens with one attached hydrogen (secondary N) is 1. The van der Waals surface area contributed by atoms with Crippen molar-refractivity contribution in [2.75, 3.05) is 11.9 Å². The van der Waals surface area contributed by atoms with Crippen molar-refractivity contribution < 1.29 is 26.8 Å². The zero-order valence-corrected chi connectivity index (χ0v) is 17.3. The predicted octanol–water partition coefficient (Wildman–Crippen LogP) is 3.00. The van der Waals surface area contributed by atoms with Crippen LogP contribution in [0.3, 0.4) is 0 Å². The Morgan fingerprint density at radius 1 is 1.10 bits per heavy atom. The molecule has 0 spiro atoms. The molecule has 2 aromatic carbocycles. The number of rotatable bonds is 6. The highest BCUT2D eigenvalue weighted by molar-refractivity contribution is 8.16. The normalized spacial score (nSPS) is 18.1. The van der Waals surface area contributed by atoms with Gasteiger partial charge in [-0.05, 0) is 55.5 Å². The average Bonchev–Trinajstić information content (AvgIpc) is 2.97. The fourth-order valence-electron chi connectivity index (χ4n) is 2.68. The van der Waals surface area contributed by atoms with E-state index in [4.69, 9.17) is 0 Å². The Kier molecular flexibility index (Phi) is 6.52. The number of thioether (sulfide) groups is 1. The fraction of sp³-hybridized carbons (Fsp3) is 0.211. The van der Waals surface area contributed by atoms with Gasteiger partial charge in [0.05, 0.1) is 4.90 Å². The molecule has 1 N–H and O–H groups in total. The lowest BCUT2D eigenvalue weighted by Crippen LogP contribution is -2.33. The van der Waals surface area contributed by atoms with Crippen LogP contribution in [0.2, 0.25) is 0 Å². The van der Waals surface area contributed by atoms with E-state index in [0.29, 0.717) is 5.69 Å². The van der Waals surface area contributed by atoms with E-state index in [-0.39, 0.29) is 23.0 Å². The van der Waals surface area contributed by atoms with E-state index in [1.165, 1.54) is 29.2 Å². The van der Waals surface area contributed by atoms with Gasteiger partial charge in [0.1, 0.15) is 16.9 Å². The molecule has 2 aromatic rings. The number of anilines is 1. The molecule has 11 heteroatoms. The molecule has 1 atom stereocenters. The van der Waals surface area contributed by atoms with Gasteiger partial charge in [0.2, 0.25) is 11.8 Å². The minimum absolute atomic E-state index is 0.0496. The van der Waals surface area contributed by atoms with Gasteiger partial charge in [-0.2, -0.15) is 8.42 Å². The molecule has 1 saturated heterocycles. The first kappa shape index (κ1) is 21.9. The Morgan fingerprint density at radius 3 is 2.23 bits per heavy atom. The standard InChI is InChI=1S/C19H17F2N3O4S2/c1-2-24-18(26)16(11-17(25)22-14-7-3-12(20)4-8-14)29-19(24)23-30(27,28)15-9-5-13(21)6-10-15/h3-10,16H,2,11H2,1H3,(H,22,25). The lowest BCUT2D eigenvalue weighted by molar-refractivity contribution is -0.128. The Morgan fingerprint density at radius 2 is 1.67 bits per heavy atom. The van der Waals surface area contributed by atoms with Crippen molar-refractivity contribution in [3.8, 4) is 0 Å². The van der Waals surface area contributed by atoms with Crippen LogP contribution in [0.25, 0.3) is 0 Å². The van der Waals surface area contributed by atoms with E-state index >= 15 is 0 Å². The highest BCUT2D eigenvalue weighted by Crippen LogP contribution is 2.31. The zero-order valence-electron chi connectivity index (χ0n) is 15.7. The third-order valence-electron chi connectivity index (χ3n) is 4.14. The number of carbonyl (C=O) groups excluding carboxylic acids is 2. The Balaban J connectivity index is 1.75. The van der Waals surface area contributed by atoms with Gasteiger partial charge in [-0.1, -0.05) is 11.8 Å². The quantitative estimate of drug-likeness (QED) is 0.726. The van der Waals surface area contributed by atoms with Crippen LogP contribution in [0.5, 0.6) is 0 Å². The molecule has 30 heavy (non-hydrogen) atoms. The Hall–Kier alpha value is -2.79. The van der Waals surface area contributed by atoms with E-state index in [9.17, 15) is 26.8 Å². The lowest BCUT2D eigenvalue weighted by atomic mass is 10.2. The molecule has 0 radical (unpaired) electrons. The number of benzene rings is 2. The maximum atomic E-state index is 13.1. The summed E-state index contributed by atoms with van der Waals surface area (Å²) in [6.07, 6.45) is -0.215. The summed E-state index contributed by atoms with van der Waals surface area (Å²) in [5, 5.41) is 1.66. The summed E-state index contributed by atoms with van der Waals surface area (Å²) in [7, 11) is -4.16. The molecule has 0 aromatic heterocycles. The summed E-state index contributed by atoms with van der Waals surface area (Å²) in [5.41, 5.74) is 0.372. The maximum absolute atomic E-state index is 13.1. The third-order valence-corrected chi connectivity index (χ3v) is 6.72. The van der Waals surface area contributed by atoms with E-state index < -0.39 is 38.7 Å². The minimum atomic E-state index is -4.16. The van der Waals surface area contributed by atoms with Crippen LogP contribution in [-0.2, 0) is 19.6 Å². The summed E-state index contributed by atoms with van der Waals surface area (Å²) in [6.45, 7) is 1.82. The monoisotopic (exact) mass is 453 g/mol. The van der Waals surface area contributed by atoms with E-state index in [1.807, 2.05) is 0 Å². The van der Waals surface area contributed by atoms with Crippen molar-refractivity contribution in [1.82, 2.24) is 4.90 Å². The Labute approximate surface area is 176 Å². The number of carbonyl (C=O) groups is 2. The summed E-state index contributed by atoms with van der Waals surface area (Å²) in [5.74, 6) is -1.96. The second-order valence-electron chi connectivity index (χ2n) is 6.25. The predicted molar refractivity (Wildman–Crippen MR) is 109 cm³/mol. The first-order valence-electron chi connectivity index (χ1n) is 8.83. The van der Waals surface area contributed by atoms with Gasteiger partial charge in [-0.3, -0.25) is 14.5 Å². The molecular weight excluding hydrogens is 436 g/mol. The zero-order chi connectivity index (χ0) is 21.9. The van der Waals surface area contributed by atoms with Crippen LogP contribution >= 0.6 is 11.8 Å². The number of halogens is 2. The van der Waals surface area contributed by atoms with Crippen LogP contribution < -0.4 is 5.32 Å². The molecule has 1 heterocycles.